The quantitative estimate of drug-likeness (QED) is 0.714. The highest BCUT2D eigenvalue weighted by Crippen LogP contribution is 2.29. The van der Waals surface area contributed by atoms with Gasteiger partial charge in [0.25, 0.3) is 0 Å². The molecule has 0 saturated heterocycles. The first-order chi connectivity index (χ1) is 9.06. The van der Waals surface area contributed by atoms with Crippen LogP contribution >= 0.6 is 39.1 Å². The zero-order valence-corrected chi connectivity index (χ0v) is 12.5. The van der Waals surface area contributed by atoms with E-state index in [1.54, 1.807) is 22.9 Å². The highest BCUT2D eigenvalue weighted by Gasteiger charge is 2.14. The average molecular weight is 358 g/mol. The smallest absolute Gasteiger partial charge is 0.207 e. The Hall–Kier alpha value is -1.30. The summed E-state index contributed by atoms with van der Waals surface area (Å²) in [5.41, 5.74) is 7.91. The van der Waals surface area contributed by atoms with E-state index in [1.165, 1.54) is 0 Å². The first kappa shape index (κ1) is 12.7. The fourth-order valence-electron chi connectivity index (χ4n) is 1.86. The number of aromatic nitrogens is 3. The van der Waals surface area contributed by atoms with E-state index in [-0.39, 0.29) is 0 Å². The fourth-order valence-corrected chi connectivity index (χ4v) is 2.77. The summed E-state index contributed by atoms with van der Waals surface area (Å²) in [6.07, 6.45) is 1.55. The number of nitrogens with zero attached hydrogens (tertiary/aromatic N) is 3. The van der Waals surface area contributed by atoms with Crippen molar-refractivity contribution in [2.75, 3.05) is 5.73 Å². The Kier molecular flexibility index (Phi) is 3.12. The molecule has 4 nitrogen and oxygen atoms in total. The third-order valence-corrected chi connectivity index (χ3v) is 3.64. The second kappa shape index (κ2) is 4.67. The van der Waals surface area contributed by atoms with E-state index in [9.17, 15) is 0 Å². The van der Waals surface area contributed by atoms with Crippen LogP contribution in [0.2, 0.25) is 10.0 Å². The van der Waals surface area contributed by atoms with Crippen LogP contribution in [0.4, 0.5) is 5.95 Å². The van der Waals surface area contributed by atoms with Crippen molar-refractivity contribution in [3.8, 4) is 5.69 Å². The predicted octanol–water partition coefficient (Wildman–Crippen LogP) is 4.07. The number of halogens is 3. The summed E-state index contributed by atoms with van der Waals surface area (Å²) < 4.78 is 2.58. The van der Waals surface area contributed by atoms with Gasteiger partial charge in [0.1, 0.15) is 5.52 Å². The lowest BCUT2D eigenvalue weighted by Crippen LogP contribution is -2.02. The van der Waals surface area contributed by atoms with Crippen LogP contribution < -0.4 is 5.73 Å². The van der Waals surface area contributed by atoms with E-state index in [0.717, 1.165) is 10.2 Å². The Bertz CT molecular complexity index is 785. The van der Waals surface area contributed by atoms with E-state index in [1.807, 2.05) is 12.1 Å². The van der Waals surface area contributed by atoms with Crippen molar-refractivity contribution in [3.05, 3.63) is 45.0 Å². The lowest BCUT2D eigenvalue weighted by Gasteiger charge is -2.08. The molecule has 0 unspecified atom stereocenters. The number of imidazole rings is 1. The van der Waals surface area contributed by atoms with Crippen LogP contribution in [-0.4, -0.2) is 14.5 Å². The summed E-state index contributed by atoms with van der Waals surface area (Å²) in [7, 11) is 0. The van der Waals surface area contributed by atoms with Crippen LogP contribution in [0.1, 0.15) is 0 Å². The van der Waals surface area contributed by atoms with Gasteiger partial charge in [0, 0.05) is 10.7 Å². The maximum Gasteiger partial charge on any atom is 0.207 e. The number of hydrogen-bond donors (Lipinski definition) is 1. The monoisotopic (exact) mass is 356 g/mol. The normalized spacial score (nSPS) is 11.1. The van der Waals surface area contributed by atoms with Crippen molar-refractivity contribution in [2.24, 2.45) is 0 Å². The molecular weight excluding hydrogens is 351 g/mol. The maximum atomic E-state index is 6.24. The predicted molar refractivity (Wildman–Crippen MR) is 81.0 cm³/mol. The Morgan fingerprint density at radius 1 is 1.21 bits per heavy atom. The summed E-state index contributed by atoms with van der Waals surface area (Å²) in [4.78, 5) is 8.50. The number of hydrogen-bond acceptors (Lipinski definition) is 3. The summed E-state index contributed by atoms with van der Waals surface area (Å²) in [6.45, 7) is 0. The van der Waals surface area contributed by atoms with E-state index in [4.69, 9.17) is 28.9 Å². The molecule has 19 heavy (non-hydrogen) atoms. The largest absolute Gasteiger partial charge is 0.369 e. The number of benzene rings is 1. The van der Waals surface area contributed by atoms with Crippen LogP contribution in [0.5, 0.6) is 0 Å². The molecule has 0 aliphatic heterocycles. The minimum Gasteiger partial charge on any atom is -0.369 e. The van der Waals surface area contributed by atoms with Gasteiger partial charge < -0.3 is 5.73 Å². The van der Waals surface area contributed by atoms with Gasteiger partial charge in [-0.3, -0.25) is 4.57 Å². The van der Waals surface area contributed by atoms with E-state index in [0.29, 0.717) is 27.2 Å². The Labute approximate surface area is 127 Å². The van der Waals surface area contributed by atoms with Gasteiger partial charge in [-0.1, -0.05) is 39.1 Å². The second-order valence-electron chi connectivity index (χ2n) is 3.90. The van der Waals surface area contributed by atoms with Gasteiger partial charge in [0.05, 0.1) is 15.7 Å². The van der Waals surface area contributed by atoms with Gasteiger partial charge >= 0.3 is 0 Å². The highest BCUT2D eigenvalue weighted by molar-refractivity contribution is 9.10. The summed E-state index contributed by atoms with van der Waals surface area (Å²) in [5, 5.41) is 1.07. The Morgan fingerprint density at radius 3 is 2.74 bits per heavy atom. The molecule has 3 aromatic rings. The van der Waals surface area contributed by atoms with E-state index >= 15 is 0 Å². The molecule has 2 aromatic heterocycles. The molecule has 3 rings (SSSR count). The fraction of sp³-hybridized carbons (Fsp3) is 0. The summed E-state index contributed by atoms with van der Waals surface area (Å²) in [6, 6.07) is 7.23. The van der Waals surface area contributed by atoms with Gasteiger partial charge in [0.2, 0.25) is 5.95 Å². The number of anilines is 1. The van der Waals surface area contributed by atoms with Crippen LogP contribution in [0.15, 0.2) is 34.9 Å². The number of rotatable bonds is 1. The molecule has 7 heteroatoms. The Morgan fingerprint density at radius 2 is 2.00 bits per heavy atom. The molecule has 0 saturated carbocycles. The van der Waals surface area contributed by atoms with Crippen LogP contribution in [0.3, 0.4) is 0 Å². The molecule has 0 aliphatic carbocycles. The van der Waals surface area contributed by atoms with Crippen molar-refractivity contribution >= 4 is 56.2 Å². The standard InChI is InChI=1S/C12H7BrCl2N4/c13-6-1-2-10(8(15)3-6)19-11-9(18-12(19)16)4-7(14)5-17-11/h1-5H,(H2,16,18). The van der Waals surface area contributed by atoms with Gasteiger partial charge in [-0.2, -0.15) is 0 Å². The minimum absolute atomic E-state index is 0.314. The first-order valence-electron chi connectivity index (χ1n) is 5.31. The van der Waals surface area contributed by atoms with Crippen molar-refractivity contribution in [1.82, 2.24) is 14.5 Å². The zero-order valence-electron chi connectivity index (χ0n) is 9.44. The topological polar surface area (TPSA) is 56.7 Å². The molecule has 0 aliphatic rings. The molecule has 96 valence electrons. The molecule has 2 N–H and O–H groups in total. The van der Waals surface area contributed by atoms with Crippen LogP contribution in [-0.2, 0) is 0 Å². The minimum atomic E-state index is 0.314. The lowest BCUT2D eigenvalue weighted by molar-refractivity contribution is 1.08. The molecule has 0 bridgehead atoms. The molecule has 0 fully saturated rings. The first-order valence-corrected chi connectivity index (χ1v) is 6.86. The van der Waals surface area contributed by atoms with Crippen molar-refractivity contribution in [2.45, 2.75) is 0 Å². The maximum absolute atomic E-state index is 6.24. The highest BCUT2D eigenvalue weighted by atomic mass is 79.9. The second-order valence-corrected chi connectivity index (χ2v) is 5.66. The van der Waals surface area contributed by atoms with E-state index < -0.39 is 0 Å². The number of pyridine rings is 1. The molecule has 1 aromatic carbocycles. The van der Waals surface area contributed by atoms with Crippen molar-refractivity contribution in [3.63, 3.8) is 0 Å². The molecule has 0 atom stereocenters. The molecule has 0 radical (unpaired) electrons. The van der Waals surface area contributed by atoms with Crippen molar-refractivity contribution in [1.29, 1.82) is 0 Å². The average Bonchev–Trinajstić information content (AvgIpc) is 2.65. The van der Waals surface area contributed by atoms with Gasteiger partial charge in [-0.05, 0) is 24.3 Å². The summed E-state index contributed by atoms with van der Waals surface area (Å²) in [5.74, 6) is 0.314. The van der Waals surface area contributed by atoms with Crippen LogP contribution in [0.25, 0.3) is 16.9 Å². The molecule has 0 amide bonds. The third-order valence-electron chi connectivity index (χ3n) is 2.64. The van der Waals surface area contributed by atoms with Crippen molar-refractivity contribution < 1.29 is 0 Å². The van der Waals surface area contributed by atoms with Crippen LogP contribution in [0, 0.1) is 0 Å². The zero-order chi connectivity index (χ0) is 13.6. The van der Waals surface area contributed by atoms with Gasteiger partial charge in [0.15, 0.2) is 5.65 Å². The molecule has 2 heterocycles. The lowest BCUT2D eigenvalue weighted by atomic mass is 10.3. The summed E-state index contributed by atoms with van der Waals surface area (Å²) >= 11 is 15.5. The van der Waals surface area contributed by atoms with Gasteiger partial charge in [-0.25, -0.2) is 9.97 Å². The Balaban J connectivity index is 2.33. The van der Waals surface area contributed by atoms with E-state index in [2.05, 4.69) is 25.9 Å². The number of nitrogens with two attached hydrogens (primary N) is 1. The number of fused-ring (bicyclic) bond motifs is 1. The van der Waals surface area contributed by atoms with Gasteiger partial charge in [-0.15, -0.1) is 0 Å². The molecule has 0 spiro atoms. The molecular formula is C12H7BrCl2N4. The SMILES string of the molecule is Nc1nc2cc(Cl)cnc2n1-c1ccc(Br)cc1Cl. The third kappa shape index (κ3) is 2.18. The number of nitrogen functional groups attached to an aromatic ring is 1.